The van der Waals surface area contributed by atoms with Crippen LogP contribution >= 0.6 is 0 Å². The molecule has 2 N–H and O–H groups in total. The normalized spacial score (nSPS) is 20.3. The van der Waals surface area contributed by atoms with E-state index in [1.165, 1.54) is 18.5 Å². The number of amides is 1. The Labute approximate surface area is 217 Å². The minimum atomic E-state index is -0.745. The summed E-state index contributed by atoms with van der Waals surface area (Å²) in [6.45, 7) is 6.12. The Kier molecular flexibility index (Phi) is 7.18. The number of carbonyl (C=O) groups is 2. The van der Waals surface area contributed by atoms with Crippen molar-refractivity contribution in [1.82, 2.24) is 15.1 Å². The summed E-state index contributed by atoms with van der Waals surface area (Å²) in [5.41, 5.74) is 4.55. The number of nitrogens with zero attached hydrogens (tertiary/aromatic N) is 3. The number of carboxylic acids is 1. The molecule has 1 unspecified atom stereocenters. The van der Waals surface area contributed by atoms with E-state index in [9.17, 15) is 14.7 Å². The van der Waals surface area contributed by atoms with E-state index >= 15 is 0 Å². The van der Waals surface area contributed by atoms with Gasteiger partial charge in [-0.2, -0.15) is 5.10 Å². The smallest absolute Gasteiger partial charge is 0.306 e. The number of hydrogen-bond donors (Lipinski definition) is 2. The lowest BCUT2D eigenvalue weighted by Crippen LogP contribution is -2.39. The van der Waals surface area contributed by atoms with Crippen LogP contribution in [-0.4, -0.2) is 45.9 Å². The van der Waals surface area contributed by atoms with Gasteiger partial charge in [0.2, 0.25) is 0 Å². The molecular weight excluding hydrogens is 464 g/mol. The third kappa shape index (κ3) is 5.06. The summed E-state index contributed by atoms with van der Waals surface area (Å²) in [6.07, 6.45) is 6.80. The zero-order valence-corrected chi connectivity index (χ0v) is 21.5. The van der Waals surface area contributed by atoms with Gasteiger partial charge in [0.1, 0.15) is 0 Å². The molecule has 7 nitrogen and oxygen atoms in total. The molecule has 1 aliphatic carbocycles. The lowest BCUT2D eigenvalue weighted by molar-refractivity contribution is -0.142. The van der Waals surface area contributed by atoms with E-state index < -0.39 is 5.97 Å². The third-order valence-corrected chi connectivity index (χ3v) is 7.89. The van der Waals surface area contributed by atoms with E-state index in [0.29, 0.717) is 31.2 Å². The quantitative estimate of drug-likeness (QED) is 0.468. The number of carboxylic acid groups (broad SMARTS) is 1. The van der Waals surface area contributed by atoms with Gasteiger partial charge in [0.25, 0.3) is 5.91 Å². The number of rotatable bonds is 6. The van der Waals surface area contributed by atoms with Gasteiger partial charge in [0.05, 0.1) is 29.2 Å². The van der Waals surface area contributed by atoms with Crippen LogP contribution in [0, 0.1) is 17.8 Å². The summed E-state index contributed by atoms with van der Waals surface area (Å²) in [7, 11) is 0. The molecule has 2 heterocycles. The Balaban J connectivity index is 1.44. The molecule has 3 aromatic rings. The first-order valence-electron chi connectivity index (χ1n) is 13.3. The fourth-order valence-corrected chi connectivity index (χ4v) is 5.71. The highest BCUT2D eigenvalue weighted by molar-refractivity contribution is 6.07. The Morgan fingerprint density at radius 3 is 2.41 bits per heavy atom. The second-order valence-electron chi connectivity index (χ2n) is 10.2. The van der Waals surface area contributed by atoms with Gasteiger partial charge in [-0.05, 0) is 82.2 Å². The van der Waals surface area contributed by atoms with Gasteiger partial charge in [-0.3, -0.25) is 14.3 Å². The molecule has 0 bridgehead atoms. The Morgan fingerprint density at radius 2 is 1.76 bits per heavy atom. The zero-order valence-electron chi connectivity index (χ0n) is 21.5. The highest BCUT2D eigenvalue weighted by Gasteiger charge is 2.28. The van der Waals surface area contributed by atoms with Crippen molar-refractivity contribution in [2.45, 2.75) is 64.5 Å². The highest BCUT2D eigenvalue weighted by atomic mass is 16.4. The Bertz CT molecular complexity index is 1350. The van der Waals surface area contributed by atoms with Crippen molar-refractivity contribution >= 4 is 28.5 Å². The molecule has 0 spiro atoms. The van der Waals surface area contributed by atoms with Crippen molar-refractivity contribution in [2.24, 2.45) is 5.92 Å². The summed E-state index contributed by atoms with van der Waals surface area (Å²) >= 11 is 0. The molecule has 1 aromatic heterocycles. The number of fused-ring (bicyclic) bond motifs is 1. The van der Waals surface area contributed by atoms with Crippen LogP contribution in [0.2, 0.25) is 0 Å². The largest absolute Gasteiger partial charge is 0.481 e. The van der Waals surface area contributed by atoms with E-state index in [-0.39, 0.29) is 23.9 Å². The first-order chi connectivity index (χ1) is 18.0. The molecule has 1 aliphatic heterocycles. The molecule has 1 atom stereocenters. The van der Waals surface area contributed by atoms with Crippen molar-refractivity contribution in [3.8, 4) is 11.8 Å². The summed E-state index contributed by atoms with van der Waals surface area (Å²) in [4.78, 5) is 27.2. The molecule has 192 valence electrons. The number of nitrogens with one attached hydrogen (secondary N) is 1. The first-order valence-corrected chi connectivity index (χ1v) is 13.3. The fourth-order valence-electron chi connectivity index (χ4n) is 5.71. The molecule has 2 fully saturated rings. The molecular formula is C30H34N4O3. The van der Waals surface area contributed by atoms with E-state index in [1.54, 1.807) is 13.1 Å². The van der Waals surface area contributed by atoms with Crippen molar-refractivity contribution in [3.63, 3.8) is 0 Å². The average Bonchev–Trinajstić information content (AvgIpc) is 3.60. The number of anilines is 1. The lowest BCUT2D eigenvalue weighted by atomic mass is 9.86. The molecule has 1 amide bonds. The standard InChI is InChI=1S/C30H34N4O3/c1-3-6-22-11-16-26(29(35)32-24-12-7-23(8-13-24)30(36)37)28-27(22)19-31-34(28)20(2)21-9-14-25(15-10-21)33-17-4-5-18-33/h9-11,14-16,19-20,23-24H,4-5,7-8,12-13,17-18H2,1-2H3,(H,32,35)(H,36,37). The Morgan fingerprint density at radius 1 is 1.05 bits per heavy atom. The lowest BCUT2D eigenvalue weighted by Gasteiger charge is -2.27. The van der Waals surface area contributed by atoms with E-state index in [0.717, 1.165) is 35.1 Å². The first kappa shape index (κ1) is 24.9. The minimum Gasteiger partial charge on any atom is -0.481 e. The van der Waals surface area contributed by atoms with Gasteiger partial charge in [-0.1, -0.05) is 18.1 Å². The average molecular weight is 499 g/mol. The van der Waals surface area contributed by atoms with Gasteiger partial charge >= 0.3 is 5.97 Å². The van der Waals surface area contributed by atoms with Gasteiger partial charge in [-0.15, -0.1) is 5.92 Å². The van der Waals surface area contributed by atoms with E-state index in [2.05, 4.69) is 53.2 Å². The fraction of sp³-hybridized carbons (Fsp3) is 0.433. The monoisotopic (exact) mass is 498 g/mol. The molecule has 0 radical (unpaired) electrons. The minimum absolute atomic E-state index is 0.0276. The summed E-state index contributed by atoms with van der Waals surface area (Å²) < 4.78 is 1.93. The summed E-state index contributed by atoms with van der Waals surface area (Å²) in [5, 5.41) is 18.0. The maximum Gasteiger partial charge on any atom is 0.306 e. The van der Waals surface area contributed by atoms with Gasteiger partial charge < -0.3 is 15.3 Å². The van der Waals surface area contributed by atoms with Crippen LogP contribution in [0.15, 0.2) is 42.6 Å². The SMILES string of the molecule is CC#Cc1ccc(C(=O)NC2CCC(C(=O)O)CC2)c2c1cnn2C(C)c1ccc(N2CCCC2)cc1. The van der Waals surface area contributed by atoms with Crippen molar-refractivity contribution in [3.05, 3.63) is 59.3 Å². The van der Waals surface area contributed by atoms with Crippen LogP contribution in [0.5, 0.6) is 0 Å². The van der Waals surface area contributed by atoms with Crippen molar-refractivity contribution in [2.75, 3.05) is 18.0 Å². The second kappa shape index (κ2) is 10.7. The van der Waals surface area contributed by atoms with E-state index in [4.69, 9.17) is 5.10 Å². The molecule has 5 rings (SSSR count). The number of carbonyl (C=O) groups excluding carboxylic acids is 1. The molecule has 1 saturated carbocycles. The Hall–Kier alpha value is -3.79. The van der Waals surface area contributed by atoms with Crippen LogP contribution < -0.4 is 10.2 Å². The molecule has 2 aromatic carbocycles. The second-order valence-corrected chi connectivity index (χ2v) is 10.2. The van der Waals surface area contributed by atoms with Gasteiger partial charge in [0.15, 0.2) is 0 Å². The van der Waals surface area contributed by atoms with Crippen LogP contribution in [0.25, 0.3) is 10.9 Å². The van der Waals surface area contributed by atoms with Crippen LogP contribution in [0.4, 0.5) is 5.69 Å². The molecule has 7 heteroatoms. The maximum atomic E-state index is 13.5. The topological polar surface area (TPSA) is 87.5 Å². The zero-order chi connectivity index (χ0) is 25.9. The number of benzene rings is 2. The predicted octanol–water partition coefficient (Wildman–Crippen LogP) is 4.99. The summed E-state index contributed by atoms with van der Waals surface area (Å²) in [6, 6.07) is 12.3. The van der Waals surface area contributed by atoms with Crippen LogP contribution in [-0.2, 0) is 4.79 Å². The van der Waals surface area contributed by atoms with Gasteiger partial charge in [-0.25, -0.2) is 0 Å². The maximum absolute atomic E-state index is 13.5. The van der Waals surface area contributed by atoms with Crippen molar-refractivity contribution in [1.29, 1.82) is 0 Å². The number of aliphatic carboxylic acids is 1. The van der Waals surface area contributed by atoms with Crippen LogP contribution in [0.1, 0.15) is 79.9 Å². The molecule has 1 saturated heterocycles. The van der Waals surface area contributed by atoms with Crippen LogP contribution in [0.3, 0.4) is 0 Å². The number of aromatic nitrogens is 2. The highest BCUT2D eigenvalue weighted by Crippen LogP contribution is 2.30. The third-order valence-electron chi connectivity index (χ3n) is 7.89. The van der Waals surface area contributed by atoms with Gasteiger partial charge in [0, 0.05) is 35.8 Å². The van der Waals surface area contributed by atoms with E-state index in [1.807, 2.05) is 16.8 Å². The van der Waals surface area contributed by atoms with Crippen molar-refractivity contribution < 1.29 is 14.7 Å². The molecule has 37 heavy (non-hydrogen) atoms. The molecule has 2 aliphatic rings. The number of hydrogen-bond acceptors (Lipinski definition) is 4. The summed E-state index contributed by atoms with van der Waals surface area (Å²) in [5.74, 6) is 4.90. The predicted molar refractivity (Wildman–Crippen MR) is 145 cm³/mol.